The SMILES string of the molecule is COc1ccc(-c2csc3ncnc(SCc4ccc(C)cc4)c23)cc1. The number of aromatic nitrogens is 2. The maximum absolute atomic E-state index is 5.27. The van der Waals surface area contributed by atoms with E-state index >= 15 is 0 Å². The quantitative estimate of drug-likeness (QED) is 0.317. The average molecular weight is 379 g/mol. The van der Waals surface area contributed by atoms with Gasteiger partial charge in [0.2, 0.25) is 0 Å². The third-order valence-electron chi connectivity index (χ3n) is 4.23. The molecule has 0 aliphatic rings. The van der Waals surface area contributed by atoms with E-state index in [-0.39, 0.29) is 0 Å². The van der Waals surface area contributed by atoms with E-state index < -0.39 is 0 Å². The number of aryl methyl sites for hydroxylation is 1. The van der Waals surface area contributed by atoms with Crippen molar-refractivity contribution in [2.75, 3.05) is 7.11 Å². The van der Waals surface area contributed by atoms with Gasteiger partial charge in [-0.25, -0.2) is 9.97 Å². The Morgan fingerprint density at radius 1 is 1.00 bits per heavy atom. The van der Waals surface area contributed by atoms with E-state index in [1.807, 2.05) is 12.1 Å². The minimum absolute atomic E-state index is 0.860. The van der Waals surface area contributed by atoms with Crippen molar-refractivity contribution in [2.24, 2.45) is 0 Å². The summed E-state index contributed by atoms with van der Waals surface area (Å²) in [6, 6.07) is 16.8. The lowest BCUT2D eigenvalue weighted by Crippen LogP contribution is -1.88. The molecule has 0 aliphatic carbocycles. The number of fused-ring (bicyclic) bond motifs is 1. The van der Waals surface area contributed by atoms with Crippen LogP contribution in [0, 0.1) is 6.92 Å². The smallest absolute Gasteiger partial charge is 0.128 e. The van der Waals surface area contributed by atoms with Crippen molar-refractivity contribution in [1.29, 1.82) is 0 Å². The zero-order valence-electron chi connectivity index (χ0n) is 14.6. The molecule has 0 spiro atoms. The monoisotopic (exact) mass is 378 g/mol. The summed E-state index contributed by atoms with van der Waals surface area (Å²) in [6.07, 6.45) is 1.66. The highest BCUT2D eigenvalue weighted by Crippen LogP contribution is 2.39. The first-order chi connectivity index (χ1) is 12.7. The first-order valence-corrected chi connectivity index (χ1v) is 10.2. The van der Waals surface area contributed by atoms with Crippen molar-refractivity contribution in [2.45, 2.75) is 17.7 Å². The molecule has 0 amide bonds. The van der Waals surface area contributed by atoms with Gasteiger partial charge in [-0.1, -0.05) is 42.0 Å². The van der Waals surface area contributed by atoms with E-state index in [2.05, 4.69) is 58.7 Å². The van der Waals surface area contributed by atoms with Crippen LogP contribution in [0.3, 0.4) is 0 Å². The Labute approximate surface area is 161 Å². The maximum Gasteiger partial charge on any atom is 0.128 e. The summed E-state index contributed by atoms with van der Waals surface area (Å²) in [5.74, 6) is 1.75. The van der Waals surface area contributed by atoms with Crippen LogP contribution in [0.15, 0.2) is 65.3 Å². The number of rotatable bonds is 5. The molecule has 0 atom stereocenters. The molecule has 4 rings (SSSR count). The molecule has 2 aromatic heterocycles. The fraction of sp³-hybridized carbons (Fsp3) is 0.143. The van der Waals surface area contributed by atoms with Crippen LogP contribution >= 0.6 is 23.1 Å². The summed E-state index contributed by atoms with van der Waals surface area (Å²) in [4.78, 5) is 10.0. The third kappa shape index (κ3) is 3.45. The molecule has 0 radical (unpaired) electrons. The molecule has 0 bridgehead atoms. The minimum Gasteiger partial charge on any atom is -0.497 e. The number of methoxy groups -OCH3 is 1. The van der Waals surface area contributed by atoms with Gasteiger partial charge in [0.15, 0.2) is 0 Å². The first kappa shape index (κ1) is 17.1. The van der Waals surface area contributed by atoms with Crippen LogP contribution in [0.5, 0.6) is 5.75 Å². The molecule has 0 fully saturated rings. The van der Waals surface area contributed by atoms with Gasteiger partial charge in [-0.2, -0.15) is 0 Å². The van der Waals surface area contributed by atoms with Crippen molar-refractivity contribution in [1.82, 2.24) is 9.97 Å². The molecule has 3 nitrogen and oxygen atoms in total. The number of hydrogen-bond acceptors (Lipinski definition) is 5. The zero-order chi connectivity index (χ0) is 17.9. The van der Waals surface area contributed by atoms with Crippen molar-refractivity contribution >= 4 is 33.3 Å². The Bertz CT molecular complexity index is 1020. The molecule has 5 heteroatoms. The standard InChI is InChI=1S/C21H18N2OS2/c1-14-3-5-15(6-4-14)11-25-20-19-18(12-26-21(19)23-13-22-20)16-7-9-17(24-2)10-8-16/h3-10,12-13H,11H2,1-2H3. The van der Waals surface area contributed by atoms with Gasteiger partial charge >= 0.3 is 0 Å². The predicted octanol–water partition coefficient (Wildman–Crippen LogP) is 5.97. The molecule has 0 N–H and O–H groups in total. The molecule has 0 saturated heterocycles. The van der Waals surface area contributed by atoms with Crippen LogP contribution in [0.25, 0.3) is 21.3 Å². The zero-order valence-corrected chi connectivity index (χ0v) is 16.2. The highest BCUT2D eigenvalue weighted by Gasteiger charge is 2.13. The Balaban J connectivity index is 1.68. The summed E-state index contributed by atoms with van der Waals surface area (Å²) in [5, 5.41) is 4.33. The molecule has 130 valence electrons. The molecule has 0 unspecified atom stereocenters. The lowest BCUT2D eigenvalue weighted by molar-refractivity contribution is 0.415. The predicted molar refractivity (Wildman–Crippen MR) is 110 cm³/mol. The first-order valence-electron chi connectivity index (χ1n) is 8.29. The van der Waals surface area contributed by atoms with Crippen LogP contribution in [-0.4, -0.2) is 17.1 Å². The summed E-state index contributed by atoms with van der Waals surface area (Å²) in [6.45, 7) is 2.11. The van der Waals surface area contributed by atoms with Crippen LogP contribution in [0.2, 0.25) is 0 Å². The van der Waals surface area contributed by atoms with Gasteiger partial charge in [0.1, 0.15) is 21.9 Å². The maximum atomic E-state index is 5.27. The largest absolute Gasteiger partial charge is 0.497 e. The molecular formula is C21H18N2OS2. The Morgan fingerprint density at radius 2 is 1.77 bits per heavy atom. The second kappa shape index (κ2) is 7.48. The third-order valence-corrected chi connectivity index (χ3v) is 6.18. The number of ether oxygens (including phenoxy) is 1. The molecule has 26 heavy (non-hydrogen) atoms. The van der Waals surface area contributed by atoms with E-state index in [1.165, 1.54) is 16.7 Å². The number of thioether (sulfide) groups is 1. The minimum atomic E-state index is 0.860. The van der Waals surface area contributed by atoms with Gasteiger partial charge in [0, 0.05) is 16.7 Å². The highest BCUT2D eigenvalue weighted by atomic mass is 32.2. The van der Waals surface area contributed by atoms with Crippen LogP contribution < -0.4 is 4.74 Å². The van der Waals surface area contributed by atoms with E-state index in [9.17, 15) is 0 Å². The van der Waals surface area contributed by atoms with Crippen LogP contribution in [0.1, 0.15) is 11.1 Å². The van der Waals surface area contributed by atoms with Crippen LogP contribution in [0.4, 0.5) is 0 Å². The lowest BCUT2D eigenvalue weighted by Gasteiger charge is -2.06. The van der Waals surface area contributed by atoms with Crippen LogP contribution in [-0.2, 0) is 5.75 Å². The number of benzene rings is 2. The van der Waals surface area contributed by atoms with E-state index in [4.69, 9.17) is 4.74 Å². The summed E-state index contributed by atoms with van der Waals surface area (Å²) < 4.78 is 5.27. The fourth-order valence-corrected chi connectivity index (χ4v) is 4.73. The Hall–Kier alpha value is -2.37. The molecule has 0 aliphatic heterocycles. The second-order valence-electron chi connectivity index (χ2n) is 6.01. The van der Waals surface area contributed by atoms with Crippen molar-refractivity contribution < 1.29 is 4.74 Å². The average Bonchev–Trinajstić information content (AvgIpc) is 3.12. The summed E-state index contributed by atoms with van der Waals surface area (Å²) in [5.41, 5.74) is 4.92. The van der Waals surface area contributed by atoms with Gasteiger partial charge in [0.05, 0.1) is 12.5 Å². The Morgan fingerprint density at radius 3 is 2.50 bits per heavy atom. The van der Waals surface area contributed by atoms with Crippen molar-refractivity contribution in [3.05, 3.63) is 71.4 Å². The summed E-state index contributed by atoms with van der Waals surface area (Å²) in [7, 11) is 1.68. The molecule has 2 heterocycles. The lowest BCUT2D eigenvalue weighted by atomic mass is 10.1. The number of thiophene rings is 1. The van der Waals surface area contributed by atoms with Gasteiger partial charge in [0.25, 0.3) is 0 Å². The normalized spacial score (nSPS) is 11.0. The molecule has 2 aromatic carbocycles. The van der Waals surface area contributed by atoms with E-state index in [1.54, 1.807) is 36.5 Å². The van der Waals surface area contributed by atoms with Gasteiger partial charge in [-0.05, 0) is 30.2 Å². The van der Waals surface area contributed by atoms with Crippen molar-refractivity contribution in [3.8, 4) is 16.9 Å². The number of hydrogen-bond donors (Lipinski definition) is 0. The fourth-order valence-electron chi connectivity index (χ4n) is 2.78. The molecular weight excluding hydrogens is 360 g/mol. The van der Waals surface area contributed by atoms with Crippen molar-refractivity contribution in [3.63, 3.8) is 0 Å². The molecule has 4 aromatic rings. The number of nitrogens with zero attached hydrogens (tertiary/aromatic N) is 2. The van der Waals surface area contributed by atoms with E-state index in [0.29, 0.717) is 0 Å². The second-order valence-corrected chi connectivity index (χ2v) is 7.83. The topological polar surface area (TPSA) is 35.0 Å². The summed E-state index contributed by atoms with van der Waals surface area (Å²) >= 11 is 3.42. The Kier molecular flexibility index (Phi) is 4.91. The highest BCUT2D eigenvalue weighted by molar-refractivity contribution is 7.98. The van der Waals surface area contributed by atoms with E-state index in [0.717, 1.165) is 32.3 Å². The van der Waals surface area contributed by atoms with Gasteiger partial charge in [-0.15, -0.1) is 23.1 Å². The van der Waals surface area contributed by atoms with Gasteiger partial charge in [-0.3, -0.25) is 0 Å². The van der Waals surface area contributed by atoms with Gasteiger partial charge < -0.3 is 4.74 Å². The molecule has 0 saturated carbocycles.